The Balaban J connectivity index is 1.95. The van der Waals surface area contributed by atoms with E-state index in [1.807, 2.05) is 6.92 Å². The van der Waals surface area contributed by atoms with Gasteiger partial charge in [-0.2, -0.15) is 0 Å². The lowest BCUT2D eigenvalue weighted by Gasteiger charge is -2.22. The Hall–Kier alpha value is -1.11. The maximum Gasteiger partial charge on any atom is 0.225 e. The number of nitrogens with zero attached hydrogens (tertiary/aromatic N) is 1. The third-order valence-corrected chi connectivity index (χ3v) is 5.48. The highest BCUT2D eigenvalue weighted by molar-refractivity contribution is 7.91. The van der Waals surface area contributed by atoms with Crippen molar-refractivity contribution in [1.29, 1.82) is 0 Å². The molecule has 2 aliphatic heterocycles. The molecule has 0 aromatic carbocycles. The van der Waals surface area contributed by atoms with Crippen LogP contribution in [0.15, 0.2) is 0 Å². The van der Waals surface area contributed by atoms with Gasteiger partial charge in [-0.25, -0.2) is 8.42 Å². The molecule has 0 bridgehead atoms. The third kappa shape index (κ3) is 3.26. The van der Waals surface area contributed by atoms with Gasteiger partial charge in [-0.15, -0.1) is 0 Å². The normalized spacial score (nSPS) is 29.7. The SMILES string of the molecule is CCCNC(=O)C1CC(=O)N(C2CCS(=O)(=O)C2)C1. The monoisotopic (exact) mass is 288 g/mol. The number of amides is 2. The third-order valence-electron chi connectivity index (χ3n) is 3.73. The van der Waals surface area contributed by atoms with Crippen molar-refractivity contribution < 1.29 is 18.0 Å². The van der Waals surface area contributed by atoms with Crippen molar-refractivity contribution in [2.45, 2.75) is 32.2 Å². The number of likely N-dealkylation sites (tertiary alicyclic amines) is 1. The van der Waals surface area contributed by atoms with Crippen LogP contribution in [0.3, 0.4) is 0 Å². The number of carbonyl (C=O) groups excluding carboxylic acids is 2. The molecular weight excluding hydrogens is 268 g/mol. The first-order valence-electron chi connectivity index (χ1n) is 6.70. The van der Waals surface area contributed by atoms with E-state index in [0.717, 1.165) is 6.42 Å². The summed E-state index contributed by atoms with van der Waals surface area (Å²) in [7, 11) is -3.00. The van der Waals surface area contributed by atoms with Gasteiger partial charge >= 0.3 is 0 Å². The van der Waals surface area contributed by atoms with Gasteiger partial charge in [0, 0.05) is 25.6 Å². The van der Waals surface area contributed by atoms with Crippen LogP contribution in [0.1, 0.15) is 26.2 Å². The van der Waals surface area contributed by atoms with Gasteiger partial charge in [0.25, 0.3) is 0 Å². The number of nitrogens with one attached hydrogen (secondary N) is 1. The minimum atomic E-state index is -3.00. The lowest BCUT2D eigenvalue weighted by molar-refractivity contribution is -0.130. The van der Waals surface area contributed by atoms with Gasteiger partial charge in [0.1, 0.15) is 0 Å². The molecule has 0 aromatic heterocycles. The standard InChI is InChI=1S/C12H20N2O4S/c1-2-4-13-12(16)9-6-11(15)14(7-9)10-3-5-19(17,18)8-10/h9-10H,2-8H2,1H3,(H,13,16). The first kappa shape index (κ1) is 14.3. The van der Waals surface area contributed by atoms with Gasteiger partial charge in [0.15, 0.2) is 9.84 Å². The molecule has 0 aliphatic carbocycles. The predicted octanol–water partition coefficient (Wildman–Crippen LogP) is -0.452. The van der Waals surface area contributed by atoms with Crippen molar-refractivity contribution in [2.24, 2.45) is 5.92 Å². The first-order chi connectivity index (χ1) is 8.93. The molecule has 2 saturated heterocycles. The highest BCUT2D eigenvalue weighted by Crippen LogP contribution is 2.26. The minimum Gasteiger partial charge on any atom is -0.356 e. The van der Waals surface area contributed by atoms with Gasteiger partial charge in [-0.1, -0.05) is 6.92 Å². The average molecular weight is 288 g/mol. The highest BCUT2D eigenvalue weighted by atomic mass is 32.2. The zero-order valence-electron chi connectivity index (χ0n) is 11.1. The molecule has 1 N–H and O–H groups in total. The van der Waals surface area contributed by atoms with Gasteiger partial charge in [0.05, 0.1) is 17.4 Å². The van der Waals surface area contributed by atoms with E-state index >= 15 is 0 Å². The van der Waals surface area contributed by atoms with Crippen molar-refractivity contribution in [3.8, 4) is 0 Å². The van der Waals surface area contributed by atoms with Crippen LogP contribution in [-0.2, 0) is 19.4 Å². The molecule has 108 valence electrons. The molecular formula is C12H20N2O4S. The molecule has 6 nitrogen and oxygen atoms in total. The largest absolute Gasteiger partial charge is 0.356 e. The molecule has 0 radical (unpaired) electrons. The lowest BCUT2D eigenvalue weighted by atomic mass is 10.1. The van der Waals surface area contributed by atoms with Gasteiger partial charge < -0.3 is 10.2 Å². The molecule has 2 aliphatic rings. The van der Waals surface area contributed by atoms with Crippen molar-refractivity contribution in [3.05, 3.63) is 0 Å². The second-order valence-electron chi connectivity index (χ2n) is 5.30. The predicted molar refractivity (Wildman–Crippen MR) is 70.2 cm³/mol. The zero-order valence-corrected chi connectivity index (χ0v) is 11.9. The molecule has 2 rings (SSSR count). The summed E-state index contributed by atoms with van der Waals surface area (Å²) in [5.41, 5.74) is 0. The molecule has 0 spiro atoms. The van der Waals surface area contributed by atoms with Crippen molar-refractivity contribution >= 4 is 21.7 Å². The Labute approximate surface area is 113 Å². The zero-order chi connectivity index (χ0) is 14.0. The Bertz CT molecular complexity index is 474. The van der Waals surface area contributed by atoms with E-state index in [4.69, 9.17) is 0 Å². The molecule has 2 unspecified atom stereocenters. The van der Waals surface area contributed by atoms with E-state index in [1.54, 1.807) is 4.90 Å². The number of sulfone groups is 1. The van der Waals surface area contributed by atoms with Crippen LogP contribution in [0.25, 0.3) is 0 Å². The molecule has 0 aromatic rings. The number of hydrogen-bond acceptors (Lipinski definition) is 4. The van der Waals surface area contributed by atoms with Gasteiger partial charge in [-0.05, 0) is 12.8 Å². The van der Waals surface area contributed by atoms with Crippen molar-refractivity contribution in [1.82, 2.24) is 10.2 Å². The fraction of sp³-hybridized carbons (Fsp3) is 0.833. The molecule has 19 heavy (non-hydrogen) atoms. The number of rotatable bonds is 4. The lowest BCUT2D eigenvalue weighted by Crippen LogP contribution is -2.39. The Morgan fingerprint density at radius 1 is 1.47 bits per heavy atom. The van der Waals surface area contributed by atoms with Crippen LogP contribution >= 0.6 is 0 Å². The summed E-state index contributed by atoms with van der Waals surface area (Å²) in [5, 5.41) is 2.79. The maximum atomic E-state index is 11.9. The van der Waals surface area contributed by atoms with E-state index < -0.39 is 9.84 Å². The number of carbonyl (C=O) groups is 2. The molecule has 2 amide bonds. The summed E-state index contributed by atoms with van der Waals surface area (Å²) >= 11 is 0. The first-order valence-corrected chi connectivity index (χ1v) is 8.52. The van der Waals surface area contributed by atoms with Gasteiger partial charge in [0.2, 0.25) is 11.8 Å². The summed E-state index contributed by atoms with van der Waals surface area (Å²) in [5.74, 6) is -0.337. The van der Waals surface area contributed by atoms with Crippen LogP contribution in [0.4, 0.5) is 0 Å². The van der Waals surface area contributed by atoms with E-state index in [0.29, 0.717) is 19.5 Å². The molecule has 2 fully saturated rings. The van der Waals surface area contributed by atoms with Crippen LogP contribution in [0.2, 0.25) is 0 Å². The Kier molecular flexibility index (Phi) is 4.13. The highest BCUT2D eigenvalue weighted by Gasteiger charge is 2.41. The molecule has 2 heterocycles. The maximum absolute atomic E-state index is 11.9. The fourth-order valence-corrected chi connectivity index (χ4v) is 4.40. The summed E-state index contributed by atoms with van der Waals surface area (Å²) in [6, 6.07) is -0.235. The second-order valence-corrected chi connectivity index (χ2v) is 7.52. The smallest absolute Gasteiger partial charge is 0.225 e. The van der Waals surface area contributed by atoms with E-state index in [2.05, 4.69) is 5.32 Å². The van der Waals surface area contributed by atoms with Crippen LogP contribution in [-0.4, -0.2) is 55.8 Å². The second kappa shape index (κ2) is 5.48. The molecule has 0 saturated carbocycles. The average Bonchev–Trinajstić information content (AvgIpc) is 2.89. The Morgan fingerprint density at radius 3 is 2.79 bits per heavy atom. The van der Waals surface area contributed by atoms with Crippen LogP contribution < -0.4 is 5.32 Å². The number of hydrogen-bond donors (Lipinski definition) is 1. The quantitative estimate of drug-likeness (QED) is 0.759. The van der Waals surface area contributed by atoms with Crippen LogP contribution in [0.5, 0.6) is 0 Å². The van der Waals surface area contributed by atoms with Crippen molar-refractivity contribution in [2.75, 3.05) is 24.6 Å². The summed E-state index contributed by atoms with van der Waals surface area (Å²) < 4.78 is 22.9. The van der Waals surface area contributed by atoms with E-state index in [1.165, 1.54) is 0 Å². The van der Waals surface area contributed by atoms with Crippen molar-refractivity contribution in [3.63, 3.8) is 0 Å². The van der Waals surface area contributed by atoms with Crippen LogP contribution in [0, 0.1) is 5.92 Å². The topological polar surface area (TPSA) is 83.6 Å². The van der Waals surface area contributed by atoms with Gasteiger partial charge in [-0.3, -0.25) is 9.59 Å². The summed E-state index contributed by atoms with van der Waals surface area (Å²) in [4.78, 5) is 25.3. The summed E-state index contributed by atoms with van der Waals surface area (Å²) in [6.07, 6.45) is 1.56. The van der Waals surface area contributed by atoms with E-state index in [9.17, 15) is 18.0 Å². The fourth-order valence-electron chi connectivity index (χ4n) is 2.67. The Morgan fingerprint density at radius 2 is 2.21 bits per heavy atom. The van der Waals surface area contributed by atoms with E-state index in [-0.39, 0.29) is 41.7 Å². The molecule has 2 atom stereocenters. The summed E-state index contributed by atoms with van der Waals surface area (Å²) in [6.45, 7) is 2.94. The minimum absolute atomic E-state index is 0.0437. The molecule has 7 heteroatoms.